The topological polar surface area (TPSA) is 27.7 Å². The maximum absolute atomic E-state index is 5.88. The van der Waals surface area contributed by atoms with Gasteiger partial charge in [0.15, 0.2) is 0 Å². The minimum atomic E-state index is -0.635. The summed E-state index contributed by atoms with van der Waals surface area (Å²) in [6.07, 6.45) is 0. The van der Waals surface area contributed by atoms with E-state index in [1.165, 1.54) is 14.7 Å². The second-order valence-corrected chi connectivity index (χ2v) is 9.89. The van der Waals surface area contributed by atoms with Crippen molar-refractivity contribution < 1.29 is 14.0 Å². The zero-order valence-electron chi connectivity index (χ0n) is 17.4. The van der Waals surface area contributed by atoms with Crippen molar-refractivity contribution in [2.75, 3.05) is 37.1 Å². The normalized spacial score (nSPS) is 10.8. The van der Waals surface area contributed by atoms with Crippen LogP contribution in [0.4, 0.5) is 0 Å². The average Bonchev–Trinajstić information content (AvgIpc) is 2.83. The van der Waals surface area contributed by atoms with E-state index < -0.39 is 7.32 Å². The van der Waals surface area contributed by atoms with Crippen molar-refractivity contribution >= 4 is 42.6 Å². The van der Waals surface area contributed by atoms with Crippen molar-refractivity contribution in [1.82, 2.24) is 0 Å². The SMILES string of the molecule is c1ccc(SCCOB(OCCSc2ccccc2)OCCSc2ccccc2)cc1. The first-order valence-corrected chi connectivity index (χ1v) is 13.2. The molecule has 0 heterocycles. The van der Waals surface area contributed by atoms with Gasteiger partial charge in [0.1, 0.15) is 0 Å². The Morgan fingerprint density at radius 1 is 0.452 bits per heavy atom. The molecule has 0 fully saturated rings. The van der Waals surface area contributed by atoms with Crippen LogP contribution in [0.15, 0.2) is 106 Å². The molecule has 0 N–H and O–H groups in total. The third kappa shape index (κ3) is 10.7. The fraction of sp³-hybridized carbons (Fsp3) is 0.250. The van der Waals surface area contributed by atoms with Gasteiger partial charge in [-0.1, -0.05) is 54.6 Å². The van der Waals surface area contributed by atoms with Crippen molar-refractivity contribution in [2.24, 2.45) is 0 Å². The zero-order chi connectivity index (χ0) is 21.4. The lowest BCUT2D eigenvalue weighted by Gasteiger charge is -2.14. The van der Waals surface area contributed by atoms with Crippen molar-refractivity contribution in [1.29, 1.82) is 0 Å². The Hall–Kier alpha value is -1.35. The first-order chi connectivity index (χ1) is 15.4. The second kappa shape index (κ2) is 15.5. The van der Waals surface area contributed by atoms with Gasteiger partial charge >= 0.3 is 7.32 Å². The molecule has 0 unspecified atom stereocenters. The van der Waals surface area contributed by atoms with Crippen LogP contribution in [-0.2, 0) is 14.0 Å². The number of thioether (sulfide) groups is 3. The van der Waals surface area contributed by atoms with E-state index in [1.54, 1.807) is 35.3 Å². The largest absolute Gasteiger partial charge is 0.639 e. The molecule has 0 aliphatic carbocycles. The van der Waals surface area contributed by atoms with Gasteiger partial charge in [-0.3, -0.25) is 0 Å². The summed E-state index contributed by atoms with van der Waals surface area (Å²) in [4.78, 5) is 3.72. The van der Waals surface area contributed by atoms with Crippen LogP contribution in [0.2, 0.25) is 0 Å². The van der Waals surface area contributed by atoms with Crippen molar-refractivity contribution in [3.8, 4) is 0 Å². The lowest BCUT2D eigenvalue weighted by Crippen LogP contribution is -2.30. The predicted molar refractivity (Wildman–Crippen MR) is 135 cm³/mol. The molecule has 162 valence electrons. The van der Waals surface area contributed by atoms with Crippen LogP contribution in [0.1, 0.15) is 0 Å². The highest BCUT2D eigenvalue weighted by molar-refractivity contribution is 7.99. The number of benzene rings is 3. The smallest absolute Gasteiger partial charge is 0.385 e. The maximum Gasteiger partial charge on any atom is 0.639 e. The summed E-state index contributed by atoms with van der Waals surface area (Å²) in [6.45, 7) is 1.71. The molecule has 3 nitrogen and oxygen atoms in total. The van der Waals surface area contributed by atoms with Crippen LogP contribution >= 0.6 is 35.3 Å². The van der Waals surface area contributed by atoms with Gasteiger partial charge in [-0.25, -0.2) is 0 Å². The molecule has 0 amide bonds. The standard InChI is InChI=1S/C24H27BO3S3/c1-4-10-22(11-5-1)29-19-16-26-25(27-17-20-30-23-12-6-2-7-13-23)28-18-21-31-24-14-8-3-9-15-24/h1-15H,16-21H2. The lowest BCUT2D eigenvalue weighted by atomic mass is 10.2. The highest BCUT2D eigenvalue weighted by atomic mass is 32.2. The van der Waals surface area contributed by atoms with Crippen LogP contribution in [-0.4, -0.2) is 44.4 Å². The van der Waals surface area contributed by atoms with Gasteiger partial charge in [0.2, 0.25) is 0 Å². The van der Waals surface area contributed by atoms with Gasteiger partial charge in [0.25, 0.3) is 0 Å². The predicted octanol–water partition coefficient (Wildman–Crippen LogP) is 6.40. The van der Waals surface area contributed by atoms with Gasteiger partial charge in [-0.15, -0.1) is 35.3 Å². The lowest BCUT2D eigenvalue weighted by molar-refractivity contribution is 0.109. The average molecular weight is 470 g/mol. The summed E-state index contributed by atoms with van der Waals surface area (Å²) in [5.41, 5.74) is 0. The fourth-order valence-corrected chi connectivity index (χ4v) is 4.90. The fourth-order valence-electron chi connectivity index (χ4n) is 2.61. The molecule has 0 saturated heterocycles. The molecule has 3 rings (SSSR count). The quantitative estimate of drug-likeness (QED) is 0.145. The van der Waals surface area contributed by atoms with Crippen molar-refractivity contribution in [2.45, 2.75) is 14.7 Å². The maximum atomic E-state index is 5.88. The van der Waals surface area contributed by atoms with Crippen LogP contribution in [0.3, 0.4) is 0 Å². The van der Waals surface area contributed by atoms with Crippen LogP contribution < -0.4 is 0 Å². The van der Waals surface area contributed by atoms with Crippen LogP contribution in [0.25, 0.3) is 0 Å². The molecule has 7 heteroatoms. The van der Waals surface area contributed by atoms with E-state index in [-0.39, 0.29) is 0 Å². The molecular formula is C24H27BO3S3. The Morgan fingerprint density at radius 2 is 0.742 bits per heavy atom. The van der Waals surface area contributed by atoms with Crippen LogP contribution in [0.5, 0.6) is 0 Å². The first kappa shape index (κ1) is 24.3. The summed E-state index contributed by atoms with van der Waals surface area (Å²) in [5.74, 6) is 2.56. The summed E-state index contributed by atoms with van der Waals surface area (Å²) in [7, 11) is -0.635. The molecule has 0 aliphatic rings. The van der Waals surface area contributed by atoms with Gasteiger partial charge in [0, 0.05) is 51.8 Å². The Labute approximate surface area is 198 Å². The monoisotopic (exact) mass is 470 g/mol. The molecule has 3 aromatic rings. The molecular weight excluding hydrogens is 443 g/mol. The van der Waals surface area contributed by atoms with Gasteiger partial charge in [0.05, 0.1) is 0 Å². The Bertz CT molecular complexity index is 712. The van der Waals surface area contributed by atoms with E-state index in [4.69, 9.17) is 14.0 Å². The molecule has 31 heavy (non-hydrogen) atoms. The number of hydrogen-bond donors (Lipinski definition) is 0. The van der Waals surface area contributed by atoms with E-state index >= 15 is 0 Å². The first-order valence-electron chi connectivity index (χ1n) is 10.3. The highest BCUT2D eigenvalue weighted by Gasteiger charge is 2.21. The minimum absolute atomic E-state index is 0.571. The highest BCUT2D eigenvalue weighted by Crippen LogP contribution is 2.19. The van der Waals surface area contributed by atoms with E-state index in [2.05, 4.69) is 36.4 Å². The molecule has 0 spiro atoms. The van der Waals surface area contributed by atoms with Gasteiger partial charge in [-0.2, -0.15) is 0 Å². The molecule has 0 aromatic heterocycles. The second-order valence-electron chi connectivity index (χ2n) is 6.39. The Kier molecular flexibility index (Phi) is 12.1. The number of hydrogen-bond acceptors (Lipinski definition) is 6. The summed E-state index contributed by atoms with van der Waals surface area (Å²) < 4.78 is 17.7. The Balaban J connectivity index is 1.36. The third-order valence-electron chi connectivity index (χ3n) is 4.05. The van der Waals surface area contributed by atoms with Crippen molar-refractivity contribution in [3.63, 3.8) is 0 Å². The van der Waals surface area contributed by atoms with E-state index in [0.29, 0.717) is 19.8 Å². The summed E-state index contributed by atoms with van der Waals surface area (Å²) >= 11 is 5.31. The van der Waals surface area contributed by atoms with E-state index in [0.717, 1.165) is 17.3 Å². The molecule has 0 saturated carbocycles. The van der Waals surface area contributed by atoms with Crippen molar-refractivity contribution in [3.05, 3.63) is 91.0 Å². The summed E-state index contributed by atoms with van der Waals surface area (Å²) in [5, 5.41) is 0. The van der Waals surface area contributed by atoms with Gasteiger partial charge in [-0.05, 0) is 36.4 Å². The Morgan fingerprint density at radius 3 is 1.03 bits per heavy atom. The summed E-state index contributed by atoms with van der Waals surface area (Å²) in [6, 6.07) is 31.0. The van der Waals surface area contributed by atoms with Crippen LogP contribution in [0, 0.1) is 0 Å². The molecule has 0 aliphatic heterocycles. The minimum Gasteiger partial charge on any atom is -0.385 e. The molecule has 0 atom stereocenters. The zero-order valence-corrected chi connectivity index (χ0v) is 19.9. The molecule has 3 aromatic carbocycles. The number of rotatable bonds is 15. The molecule has 0 radical (unpaired) electrons. The van der Waals surface area contributed by atoms with E-state index in [9.17, 15) is 0 Å². The van der Waals surface area contributed by atoms with E-state index in [1.807, 2.05) is 54.6 Å². The van der Waals surface area contributed by atoms with Gasteiger partial charge < -0.3 is 14.0 Å². The third-order valence-corrected chi connectivity index (χ3v) is 6.98. The molecule has 0 bridgehead atoms.